The molecule has 0 aliphatic carbocycles. The van der Waals surface area contributed by atoms with Crippen LogP contribution in [-0.2, 0) is 0 Å². The third kappa shape index (κ3) is 4.50. The number of methoxy groups -OCH3 is 1. The van der Waals surface area contributed by atoms with Crippen molar-refractivity contribution in [2.24, 2.45) is 11.3 Å². The smallest absolute Gasteiger partial charge is 0.123 e. The van der Waals surface area contributed by atoms with E-state index < -0.39 is 0 Å². The lowest BCUT2D eigenvalue weighted by Crippen LogP contribution is -2.25. The zero-order valence-electron chi connectivity index (χ0n) is 12.9. The monoisotopic (exact) mass is 327 g/mol. The van der Waals surface area contributed by atoms with E-state index in [-0.39, 0.29) is 0 Å². The van der Waals surface area contributed by atoms with E-state index in [0.717, 1.165) is 16.6 Å². The first-order valence-electron chi connectivity index (χ1n) is 6.80. The molecule has 0 radical (unpaired) electrons. The number of ether oxygens (including phenoxy) is 1. The topological polar surface area (TPSA) is 21.3 Å². The highest BCUT2D eigenvalue weighted by Gasteiger charge is 2.25. The fourth-order valence-corrected chi connectivity index (χ4v) is 2.46. The van der Waals surface area contributed by atoms with Crippen LogP contribution >= 0.6 is 15.9 Å². The first-order chi connectivity index (χ1) is 8.79. The second-order valence-electron chi connectivity index (χ2n) is 6.23. The molecule has 0 aliphatic heterocycles. The highest BCUT2D eigenvalue weighted by Crippen LogP contribution is 2.36. The van der Waals surface area contributed by atoms with E-state index in [1.54, 1.807) is 7.11 Å². The van der Waals surface area contributed by atoms with Gasteiger partial charge in [0.05, 0.1) is 7.11 Å². The van der Waals surface area contributed by atoms with Crippen LogP contribution in [0.4, 0.5) is 0 Å². The Bertz CT molecular complexity index is 412. The minimum Gasteiger partial charge on any atom is -0.496 e. The summed E-state index contributed by atoms with van der Waals surface area (Å²) in [4.78, 5) is 0. The maximum atomic E-state index is 5.49. The number of halogens is 1. The summed E-state index contributed by atoms with van der Waals surface area (Å²) in [5.41, 5.74) is 1.53. The summed E-state index contributed by atoms with van der Waals surface area (Å²) >= 11 is 3.55. The van der Waals surface area contributed by atoms with Gasteiger partial charge in [0.2, 0.25) is 0 Å². The fraction of sp³-hybridized carbons (Fsp3) is 0.625. The van der Waals surface area contributed by atoms with Crippen molar-refractivity contribution in [2.75, 3.05) is 14.2 Å². The number of hydrogen-bond donors (Lipinski definition) is 1. The summed E-state index contributed by atoms with van der Waals surface area (Å²) in [6.45, 7) is 9.20. The second-order valence-corrected chi connectivity index (χ2v) is 7.15. The van der Waals surface area contributed by atoms with Crippen molar-refractivity contribution in [3.8, 4) is 5.75 Å². The molecule has 0 fully saturated rings. The largest absolute Gasteiger partial charge is 0.496 e. The van der Waals surface area contributed by atoms with E-state index in [1.807, 2.05) is 19.2 Å². The minimum atomic E-state index is 0.307. The van der Waals surface area contributed by atoms with Crippen LogP contribution in [0.3, 0.4) is 0 Å². The van der Waals surface area contributed by atoms with Crippen LogP contribution in [0.25, 0.3) is 0 Å². The van der Waals surface area contributed by atoms with Gasteiger partial charge in [-0.1, -0.05) is 43.6 Å². The van der Waals surface area contributed by atoms with Crippen LogP contribution in [0.15, 0.2) is 22.7 Å². The quantitative estimate of drug-likeness (QED) is 0.839. The van der Waals surface area contributed by atoms with Gasteiger partial charge in [-0.15, -0.1) is 0 Å². The predicted molar refractivity (Wildman–Crippen MR) is 85.7 cm³/mol. The average molecular weight is 328 g/mol. The molecule has 2 atom stereocenters. The summed E-state index contributed by atoms with van der Waals surface area (Å²) in [6, 6.07) is 6.49. The fourth-order valence-electron chi connectivity index (χ4n) is 2.08. The zero-order chi connectivity index (χ0) is 14.6. The molecule has 0 saturated carbocycles. The summed E-state index contributed by atoms with van der Waals surface area (Å²) in [5, 5.41) is 3.42. The summed E-state index contributed by atoms with van der Waals surface area (Å²) in [6.07, 6.45) is 1.09. The Hall–Kier alpha value is -0.540. The van der Waals surface area contributed by atoms with Crippen LogP contribution in [0.5, 0.6) is 5.75 Å². The lowest BCUT2D eigenvalue weighted by atomic mass is 9.77. The maximum absolute atomic E-state index is 5.49. The van der Waals surface area contributed by atoms with Gasteiger partial charge in [0.1, 0.15) is 5.75 Å². The molecule has 3 heteroatoms. The lowest BCUT2D eigenvalue weighted by Gasteiger charge is -2.31. The average Bonchev–Trinajstić information content (AvgIpc) is 2.34. The molecule has 0 saturated heterocycles. The molecule has 108 valence electrons. The highest BCUT2D eigenvalue weighted by atomic mass is 79.9. The number of hydrogen-bond acceptors (Lipinski definition) is 2. The Morgan fingerprint density at radius 3 is 2.42 bits per heavy atom. The van der Waals surface area contributed by atoms with Gasteiger partial charge < -0.3 is 10.1 Å². The van der Waals surface area contributed by atoms with Crippen molar-refractivity contribution < 1.29 is 4.74 Å². The number of benzene rings is 1. The van der Waals surface area contributed by atoms with Crippen molar-refractivity contribution in [2.45, 2.75) is 40.2 Å². The second kappa shape index (κ2) is 6.76. The molecule has 1 N–H and O–H groups in total. The molecule has 0 heterocycles. The molecule has 1 rings (SSSR count). The molecule has 19 heavy (non-hydrogen) atoms. The normalized spacial score (nSPS) is 15.1. The van der Waals surface area contributed by atoms with E-state index in [9.17, 15) is 0 Å². The molecule has 2 unspecified atom stereocenters. The Kier molecular flexibility index (Phi) is 5.87. The summed E-state index contributed by atoms with van der Waals surface area (Å²) in [7, 11) is 3.74. The van der Waals surface area contributed by atoms with Crippen LogP contribution in [0.2, 0.25) is 0 Å². The van der Waals surface area contributed by atoms with Gasteiger partial charge in [0.25, 0.3) is 0 Å². The van der Waals surface area contributed by atoms with Crippen molar-refractivity contribution >= 4 is 15.9 Å². The molecule has 1 aromatic carbocycles. The molecular weight excluding hydrogens is 302 g/mol. The van der Waals surface area contributed by atoms with E-state index in [2.05, 4.69) is 55.0 Å². The predicted octanol–water partition coefficient (Wildman–Crippen LogP) is 4.79. The highest BCUT2D eigenvalue weighted by molar-refractivity contribution is 9.10. The van der Waals surface area contributed by atoms with Crippen LogP contribution in [-0.4, -0.2) is 14.2 Å². The van der Waals surface area contributed by atoms with Crippen molar-refractivity contribution in [3.05, 3.63) is 28.2 Å². The van der Waals surface area contributed by atoms with Crippen molar-refractivity contribution in [1.29, 1.82) is 0 Å². The summed E-state index contributed by atoms with van der Waals surface area (Å²) < 4.78 is 6.58. The molecule has 1 aromatic rings. The molecule has 0 aromatic heterocycles. The lowest BCUT2D eigenvalue weighted by molar-refractivity contribution is 0.224. The van der Waals surface area contributed by atoms with E-state index in [0.29, 0.717) is 17.4 Å². The number of rotatable bonds is 5. The first kappa shape index (κ1) is 16.5. The Morgan fingerprint density at radius 1 is 1.32 bits per heavy atom. The Balaban J connectivity index is 3.00. The molecule has 0 spiro atoms. The molecule has 0 aliphatic rings. The van der Waals surface area contributed by atoms with Crippen LogP contribution in [0.1, 0.15) is 45.7 Å². The summed E-state index contributed by atoms with van der Waals surface area (Å²) in [5.74, 6) is 1.57. The third-order valence-electron chi connectivity index (χ3n) is 3.98. The van der Waals surface area contributed by atoms with E-state index in [4.69, 9.17) is 4.74 Å². The molecule has 0 bridgehead atoms. The van der Waals surface area contributed by atoms with E-state index in [1.165, 1.54) is 5.56 Å². The van der Waals surface area contributed by atoms with Gasteiger partial charge in [0, 0.05) is 16.1 Å². The van der Waals surface area contributed by atoms with Gasteiger partial charge in [-0.25, -0.2) is 0 Å². The van der Waals surface area contributed by atoms with Crippen molar-refractivity contribution in [3.63, 3.8) is 0 Å². The van der Waals surface area contributed by atoms with Gasteiger partial charge >= 0.3 is 0 Å². The van der Waals surface area contributed by atoms with Gasteiger partial charge in [-0.2, -0.15) is 0 Å². The molecule has 2 nitrogen and oxygen atoms in total. The zero-order valence-corrected chi connectivity index (χ0v) is 14.5. The van der Waals surface area contributed by atoms with Crippen LogP contribution in [0, 0.1) is 11.3 Å². The van der Waals surface area contributed by atoms with Crippen LogP contribution < -0.4 is 10.1 Å². The van der Waals surface area contributed by atoms with Gasteiger partial charge in [-0.3, -0.25) is 0 Å². The molecular formula is C16H26BrNO. The van der Waals surface area contributed by atoms with E-state index >= 15 is 0 Å². The molecule has 0 amide bonds. The van der Waals surface area contributed by atoms with Crippen molar-refractivity contribution in [1.82, 2.24) is 5.32 Å². The maximum Gasteiger partial charge on any atom is 0.123 e. The third-order valence-corrected chi connectivity index (χ3v) is 4.48. The Morgan fingerprint density at radius 2 is 1.95 bits per heavy atom. The Labute approximate surface area is 126 Å². The van der Waals surface area contributed by atoms with Gasteiger partial charge in [0.15, 0.2) is 0 Å². The SMILES string of the molecule is CNC(CC(C)C(C)(C)C)c1cc(Br)ccc1OC. The standard InChI is InChI=1S/C16H26BrNO/c1-11(16(2,3)4)9-14(18-5)13-10-12(17)7-8-15(13)19-6/h7-8,10-11,14,18H,9H2,1-6H3. The minimum absolute atomic E-state index is 0.307. The first-order valence-corrected chi connectivity index (χ1v) is 7.59. The van der Waals surface area contributed by atoms with Gasteiger partial charge in [-0.05, 0) is 43.0 Å². The number of nitrogens with one attached hydrogen (secondary N) is 1.